The molecule has 4 heterocycles. The first-order valence-electron chi connectivity index (χ1n) is 8.41. The lowest BCUT2D eigenvalue weighted by Crippen LogP contribution is -2.61. The molecule has 0 aromatic carbocycles. The third-order valence-corrected chi connectivity index (χ3v) is 6.69. The Hall–Kier alpha value is -2.49. The predicted octanol–water partition coefficient (Wildman–Crippen LogP) is -0.353. The van der Waals surface area contributed by atoms with Crippen LogP contribution >= 0.6 is 0 Å². The molecule has 0 bridgehead atoms. The number of carbonyl (C=O) groups is 1. The van der Waals surface area contributed by atoms with E-state index in [4.69, 9.17) is 0 Å². The number of aryl methyl sites for hydroxylation is 2. The van der Waals surface area contributed by atoms with Crippen LogP contribution < -0.4 is 4.90 Å². The van der Waals surface area contributed by atoms with Crippen molar-refractivity contribution in [3.63, 3.8) is 0 Å². The zero-order valence-electron chi connectivity index (χ0n) is 14.6. The van der Waals surface area contributed by atoms with Crippen molar-refractivity contribution in [2.75, 3.05) is 29.5 Å². The van der Waals surface area contributed by atoms with E-state index in [-0.39, 0.29) is 23.5 Å². The summed E-state index contributed by atoms with van der Waals surface area (Å²) in [7, 11) is -1.47. The van der Waals surface area contributed by atoms with Gasteiger partial charge in [-0.05, 0) is 13.0 Å². The number of sulfone groups is 1. The van der Waals surface area contributed by atoms with Crippen LogP contribution in [-0.4, -0.2) is 75.7 Å². The fourth-order valence-corrected chi connectivity index (χ4v) is 5.84. The zero-order valence-corrected chi connectivity index (χ0v) is 15.4. The Balaban J connectivity index is 1.67. The minimum Gasteiger partial charge on any atom is -0.333 e. The first-order valence-corrected chi connectivity index (χ1v) is 10.2. The molecule has 26 heavy (non-hydrogen) atoms. The second-order valence-electron chi connectivity index (χ2n) is 6.75. The van der Waals surface area contributed by atoms with Gasteiger partial charge in [0.25, 0.3) is 5.91 Å². The molecule has 9 nitrogen and oxygen atoms in total. The maximum atomic E-state index is 13.1. The molecule has 2 atom stereocenters. The van der Waals surface area contributed by atoms with Crippen molar-refractivity contribution in [1.29, 1.82) is 0 Å². The molecule has 2 aromatic heterocycles. The molecule has 0 aliphatic carbocycles. The summed E-state index contributed by atoms with van der Waals surface area (Å²) in [6, 6.07) is 0.971. The molecule has 2 saturated heterocycles. The van der Waals surface area contributed by atoms with Crippen LogP contribution in [0.3, 0.4) is 0 Å². The molecule has 0 N–H and O–H groups in total. The normalized spacial score (nSPS) is 24.5. The van der Waals surface area contributed by atoms with E-state index in [9.17, 15) is 13.2 Å². The van der Waals surface area contributed by atoms with E-state index in [1.807, 2.05) is 4.90 Å². The summed E-state index contributed by atoms with van der Waals surface area (Å²) in [5.74, 6) is 0.304. The maximum Gasteiger partial charge on any atom is 0.257 e. The number of nitrogens with zero attached hydrogens (tertiary/aromatic N) is 6. The first kappa shape index (κ1) is 17.0. The molecule has 10 heteroatoms. The summed E-state index contributed by atoms with van der Waals surface area (Å²) in [6.45, 7) is 2.69. The smallest absolute Gasteiger partial charge is 0.257 e. The van der Waals surface area contributed by atoms with Gasteiger partial charge < -0.3 is 9.80 Å². The van der Waals surface area contributed by atoms with Gasteiger partial charge >= 0.3 is 0 Å². The number of carbonyl (C=O) groups excluding carboxylic acids is 1. The molecule has 0 unspecified atom stereocenters. The molecule has 2 aliphatic rings. The van der Waals surface area contributed by atoms with E-state index in [1.54, 1.807) is 48.2 Å². The highest BCUT2D eigenvalue weighted by Crippen LogP contribution is 2.30. The minimum atomic E-state index is -3.24. The van der Waals surface area contributed by atoms with Crippen molar-refractivity contribution in [2.24, 2.45) is 7.05 Å². The first-order chi connectivity index (χ1) is 12.4. The van der Waals surface area contributed by atoms with Crippen molar-refractivity contribution >= 4 is 21.7 Å². The maximum absolute atomic E-state index is 13.1. The summed E-state index contributed by atoms with van der Waals surface area (Å²) < 4.78 is 26.3. The van der Waals surface area contributed by atoms with E-state index >= 15 is 0 Å². The Morgan fingerprint density at radius 1 is 1.15 bits per heavy atom. The fourth-order valence-electron chi connectivity index (χ4n) is 3.86. The molecule has 0 saturated carbocycles. The van der Waals surface area contributed by atoms with Crippen LogP contribution in [0, 0.1) is 6.92 Å². The molecule has 4 rings (SSSR count). The minimum absolute atomic E-state index is 0.00568. The van der Waals surface area contributed by atoms with Crippen LogP contribution in [0.1, 0.15) is 16.1 Å². The standard InChI is InChI=1S/C16H20N6O3S/c1-11-12(8-20(2)19-11)15(23)21-6-7-22(16-17-4-3-5-18-16)14-10-26(24,25)9-13(14)21/h3-5,8,13-14H,6-7,9-10H2,1-2H3/t13-,14+/m0/s1. The number of piperazine rings is 1. The second kappa shape index (κ2) is 6.04. The number of fused-ring (bicyclic) bond motifs is 1. The molecule has 2 aromatic rings. The van der Waals surface area contributed by atoms with Crippen molar-refractivity contribution in [1.82, 2.24) is 24.6 Å². The lowest BCUT2D eigenvalue weighted by Gasteiger charge is -2.43. The molecule has 138 valence electrons. The third kappa shape index (κ3) is 2.83. The monoisotopic (exact) mass is 376 g/mol. The number of rotatable bonds is 2. The van der Waals surface area contributed by atoms with Gasteiger partial charge in [0.1, 0.15) is 0 Å². The van der Waals surface area contributed by atoms with Crippen LogP contribution in [0.2, 0.25) is 0 Å². The molecule has 2 fully saturated rings. The molecular weight excluding hydrogens is 356 g/mol. The Morgan fingerprint density at radius 3 is 2.50 bits per heavy atom. The highest BCUT2D eigenvalue weighted by molar-refractivity contribution is 7.91. The summed E-state index contributed by atoms with van der Waals surface area (Å²) in [4.78, 5) is 25.2. The van der Waals surface area contributed by atoms with Gasteiger partial charge in [0.05, 0.1) is 34.8 Å². The third-order valence-electron chi connectivity index (χ3n) is 4.99. The summed E-state index contributed by atoms with van der Waals surface area (Å²) >= 11 is 0. The Labute approximate surface area is 151 Å². The molecule has 0 radical (unpaired) electrons. The average molecular weight is 376 g/mol. The number of hydrogen-bond donors (Lipinski definition) is 0. The lowest BCUT2D eigenvalue weighted by molar-refractivity contribution is 0.0647. The zero-order chi connectivity index (χ0) is 18.5. The van der Waals surface area contributed by atoms with Gasteiger partial charge in [-0.2, -0.15) is 5.10 Å². The van der Waals surface area contributed by atoms with Crippen molar-refractivity contribution in [3.8, 4) is 0 Å². The molecule has 1 amide bonds. The number of amides is 1. The van der Waals surface area contributed by atoms with Crippen LogP contribution in [0.4, 0.5) is 5.95 Å². The lowest BCUT2D eigenvalue weighted by atomic mass is 10.0. The van der Waals surface area contributed by atoms with Crippen LogP contribution in [0.15, 0.2) is 24.7 Å². The summed E-state index contributed by atoms with van der Waals surface area (Å²) in [5.41, 5.74) is 1.16. The SMILES string of the molecule is Cc1nn(C)cc1C(=O)N1CCN(c2ncccn2)[C@@H]2CS(=O)(=O)C[C@@H]21. The van der Waals surface area contributed by atoms with E-state index in [1.165, 1.54) is 0 Å². The Kier molecular flexibility index (Phi) is 3.94. The van der Waals surface area contributed by atoms with Crippen molar-refractivity contribution < 1.29 is 13.2 Å². The topological polar surface area (TPSA) is 101 Å². The number of anilines is 1. The van der Waals surface area contributed by atoms with Gasteiger partial charge in [-0.1, -0.05) is 0 Å². The predicted molar refractivity (Wildman–Crippen MR) is 94.6 cm³/mol. The van der Waals surface area contributed by atoms with E-state index in [0.29, 0.717) is 30.3 Å². The van der Waals surface area contributed by atoms with Crippen LogP contribution in [0.25, 0.3) is 0 Å². The molecule has 2 aliphatic heterocycles. The quantitative estimate of drug-likeness (QED) is 0.706. The van der Waals surface area contributed by atoms with Crippen LogP contribution in [-0.2, 0) is 16.9 Å². The van der Waals surface area contributed by atoms with Crippen molar-refractivity contribution in [2.45, 2.75) is 19.0 Å². The van der Waals surface area contributed by atoms with E-state index in [0.717, 1.165) is 0 Å². The average Bonchev–Trinajstić information content (AvgIpc) is 3.11. The largest absolute Gasteiger partial charge is 0.333 e. The second-order valence-corrected chi connectivity index (χ2v) is 8.91. The highest BCUT2D eigenvalue weighted by atomic mass is 32.2. The van der Waals surface area contributed by atoms with Crippen molar-refractivity contribution in [3.05, 3.63) is 35.9 Å². The summed E-state index contributed by atoms with van der Waals surface area (Å²) in [5, 5.41) is 4.22. The summed E-state index contributed by atoms with van der Waals surface area (Å²) in [6.07, 6.45) is 4.96. The fraction of sp³-hybridized carbons (Fsp3) is 0.500. The van der Waals surface area contributed by atoms with Gasteiger partial charge in [-0.15, -0.1) is 0 Å². The molecular formula is C16H20N6O3S. The Morgan fingerprint density at radius 2 is 1.85 bits per heavy atom. The van der Waals surface area contributed by atoms with Gasteiger partial charge in [0.2, 0.25) is 5.95 Å². The van der Waals surface area contributed by atoms with E-state index < -0.39 is 15.9 Å². The van der Waals surface area contributed by atoms with Gasteiger partial charge in [-0.3, -0.25) is 9.48 Å². The van der Waals surface area contributed by atoms with Gasteiger partial charge in [0.15, 0.2) is 9.84 Å². The Bertz CT molecular complexity index is 942. The van der Waals surface area contributed by atoms with Gasteiger partial charge in [0, 0.05) is 38.7 Å². The number of aromatic nitrogens is 4. The van der Waals surface area contributed by atoms with Gasteiger partial charge in [-0.25, -0.2) is 18.4 Å². The number of hydrogen-bond acceptors (Lipinski definition) is 7. The molecule has 0 spiro atoms. The van der Waals surface area contributed by atoms with Crippen LogP contribution in [0.5, 0.6) is 0 Å². The van der Waals surface area contributed by atoms with E-state index in [2.05, 4.69) is 15.1 Å². The highest BCUT2D eigenvalue weighted by Gasteiger charge is 2.49.